The van der Waals surface area contributed by atoms with E-state index >= 15 is 0 Å². The molecule has 5 N–H and O–H groups in total. The lowest BCUT2D eigenvalue weighted by atomic mass is 10.1. The average molecular weight is 391 g/mol. The van der Waals surface area contributed by atoms with Gasteiger partial charge in [-0.1, -0.05) is 0 Å². The molecule has 0 saturated heterocycles. The van der Waals surface area contributed by atoms with Crippen molar-refractivity contribution < 1.29 is 10.2 Å². The Hall–Kier alpha value is -1.35. The number of aromatic nitrogens is 4. The first-order chi connectivity index (χ1) is 11.2. The maximum Gasteiger partial charge on any atom is 0.224 e. The molecular weight excluding hydrogens is 367 g/mol. The summed E-state index contributed by atoms with van der Waals surface area (Å²) in [4.78, 5) is 13.1. The third kappa shape index (κ3) is 3.92. The maximum absolute atomic E-state index is 10.0. The Morgan fingerprint density at radius 2 is 2.00 bits per heavy atom. The molecule has 3 atom stereocenters. The van der Waals surface area contributed by atoms with Crippen molar-refractivity contribution in [1.82, 2.24) is 19.5 Å². The van der Waals surface area contributed by atoms with Crippen LogP contribution in [0.1, 0.15) is 31.7 Å². The molecule has 25 heavy (non-hydrogen) atoms. The molecule has 0 bridgehead atoms. The van der Waals surface area contributed by atoms with E-state index in [1.54, 1.807) is 6.33 Å². The molecule has 2 heterocycles. The van der Waals surface area contributed by atoms with Gasteiger partial charge in [-0.25, -0.2) is 4.98 Å². The normalized spacial score (nSPS) is 25.4. The van der Waals surface area contributed by atoms with Crippen molar-refractivity contribution in [2.24, 2.45) is 11.8 Å². The van der Waals surface area contributed by atoms with Gasteiger partial charge in [-0.15, -0.1) is 24.8 Å². The number of hydrogen-bond donors (Lipinski definition) is 4. The van der Waals surface area contributed by atoms with Crippen LogP contribution in [0.4, 0.5) is 11.8 Å². The van der Waals surface area contributed by atoms with Gasteiger partial charge in [-0.05, 0) is 31.6 Å². The Balaban J connectivity index is 0.00000113. The first-order valence-electron chi connectivity index (χ1n) is 8.18. The second-order valence-corrected chi connectivity index (χ2v) is 6.71. The van der Waals surface area contributed by atoms with Gasteiger partial charge in [0.05, 0.1) is 12.4 Å². The lowest BCUT2D eigenvalue weighted by molar-refractivity contribution is 0.0906. The van der Waals surface area contributed by atoms with Crippen LogP contribution < -0.4 is 11.1 Å². The molecule has 10 heteroatoms. The Bertz CT molecular complexity index is 723. The summed E-state index contributed by atoms with van der Waals surface area (Å²) in [5, 5.41) is 22.7. The molecule has 0 amide bonds. The van der Waals surface area contributed by atoms with E-state index in [0.29, 0.717) is 29.8 Å². The van der Waals surface area contributed by atoms with Crippen molar-refractivity contribution in [3.05, 3.63) is 6.33 Å². The number of nitrogen functional groups attached to an aromatic ring is 1. The fraction of sp³-hybridized carbons (Fsp3) is 0.667. The van der Waals surface area contributed by atoms with E-state index in [2.05, 4.69) is 20.3 Å². The van der Waals surface area contributed by atoms with Crippen LogP contribution in [0, 0.1) is 11.8 Å². The largest absolute Gasteiger partial charge is 0.396 e. The first-order valence-corrected chi connectivity index (χ1v) is 8.18. The third-order valence-corrected chi connectivity index (χ3v) is 4.95. The zero-order valence-electron chi connectivity index (χ0n) is 13.7. The van der Waals surface area contributed by atoms with E-state index in [1.165, 1.54) is 12.8 Å². The van der Waals surface area contributed by atoms with Gasteiger partial charge < -0.3 is 25.8 Å². The highest BCUT2D eigenvalue weighted by Gasteiger charge is 2.34. The van der Waals surface area contributed by atoms with E-state index in [-0.39, 0.29) is 49.3 Å². The molecule has 0 aromatic carbocycles. The molecule has 0 aliphatic heterocycles. The van der Waals surface area contributed by atoms with Gasteiger partial charge >= 0.3 is 0 Å². The number of nitrogens with zero attached hydrogens (tertiary/aromatic N) is 4. The van der Waals surface area contributed by atoms with Crippen LogP contribution in [-0.4, -0.2) is 49.0 Å². The van der Waals surface area contributed by atoms with Crippen molar-refractivity contribution in [3.63, 3.8) is 0 Å². The topological polar surface area (TPSA) is 122 Å². The molecule has 0 radical (unpaired) electrons. The van der Waals surface area contributed by atoms with Crippen LogP contribution in [0.15, 0.2) is 6.33 Å². The molecule has 8 nitrogen and oxygen atoms in total. The summed E-state index contributed by atoms with van der Waals surface area (Å²) in [5.41, 5.74) is 7.26. The van der Waals surface area contributed by atoms with E-state index in [1.807, 2.05) is 4.57 Å². The molecule has 2 fully saturated rings. The van der Waals surface area contributed by atoms with Crippen LogP contribution in [-0.2, 0) is 0 Å². The van der Waals surface area contributed by atoms with E-state index in [0.717, 1.165) is 12.5 Å². The minimum absolute atomic E-state index is 0. The molecule has 2 aliphatic carbocycles. The number of imidazole rings is 1. The number of nitrogens with one attached hydrogen (secondary N) is 1. The molecule has 2 unspecified atom stereocenters. The van der Waals surface area contributed by atoms with Crippen LogP contribution in [0.3, 0.4) is 0 Å². The van der Waals surface area contributed by atoms with Gasteiger partial charge in [0.15, 0.2) is 17.0 Å². The van der Waals surface area contributed by atoms with Gasteiger partial charge in [-0.3, -0.25) is 0 Å². The first kappa shape index (κ1) is 20.0. The molecular formula is C15H24Cl2N6O2. The molecule has 0 spiro atoms. The van der Waals surface area contributed by atoms with Crippen molar-refractivity contribution in [2.75, 3.05) is 24.2 Å². The minimum Gasteiger partial charge on any atom is -0.396 e. The number of anilines is 2. The summed E-state index contributed by atoms with van der Waals surface area (Å²) >= 11 is 0. The minimum atomic E-state index is -0.492. The predicted octanol–water partition coefficient (Wildman–Crippen LogP) is 1.38. The van der Waals surface area contributed by atoms with E-state index in [4.69, 9.17) is 5.73 Å². The second kappa shape index (κ2) is 7.90. The van der Waals surface area contributed by atoms with Crippen molar-refractivity contribution >= 4 is 47.7 Å². The predicted molar refractivity (Wildman–Crippen MR) is 100 cm³/mol. The van der Waals surface area contributed by atoms with Crippen LogP contribution in [0.25, 0.3) is 11.2 Å². The summed E-state index contributed by atoms with van der Waals surface area (Å²) in [5.74, 6) is 1.52. The van der Waals surface area contributed by atoms with Gasteiger partial charge in [0, 0.05) is 25.1 Å². The van der Waals surface area contributed by atoms with Gasteiger partial charge in [0.25, 0.3) is 0 Å². The van der Waals surface area contributed by atoms with Gasteiger partial charge in [0.1, 0.15) is 0 Å². The van der Waals surface area contributed by atoms with E-state index in [9.17, 15) is 10.2 Å². The Labute approximate surface area is 158 Å². The smallest absolute Gasteiger partial charge is 0.224 e. The zero-order chi connectivity index (χ0) is 16.0. The molecule has 2 aliphatic rings. The van der Waals surface area contributed by atoms with Crippen LogP contribution in [0.2, 0.25) is 0 Å². The fourth-order valence-corrected chi connectivity index (χ4v) is 3.38. The van der Waals surface area contributed by atoms with Crippen LogP contribution >= 0.6 is 24.8 Å². The number of hydrogen-bond acceptors (Lipinski definition) is 7. The summed E-state index contributed by atoms with van der Waals surface area (Å²) in [7, 11) is 0. The highest BCUT2D eigenvalue weighted by atomic mass is 35.5. The highest BCUT2D eigenvalue weighted by Crippen LogP contribution is 2.37. The van der Waals surface area contributed by atoms with Crippen LogP contribution in [0.5, 0.6) is 0 Å². The quantitative estimate of drug-likeness (QED) is 0.607. The number of fused-ring (bicyclic) bond motifs is 1. The molecule has 2 aromatic rings. The van der Waals surface area contributed by atoms with E-state index < -0.39 is 6.10 Å². The Morgan fingerprint density at radius 1 is 1.24 bits per heavy atom. The number of aliphatic hydroxyl groups is 2. The molecule has 4 rings (SSSR count). The lowest BCUT2D eigenvalue weighted by Gasteiger charge is -2.13. The number of rotatable bonds is 5. The highest BCUT2D eigenvalue weighted by molar-refractivity contribution is 5.86. The molecule has 140 valence electrons. The Morgan fingerprint density at radius 3 is 2.64 bits per heavy atom. The second-order valence-electron chi connectivity index (χ2n) is 6.71. The van der Waals surface area contributed by atoms with Crippen molar-refractivity contribution in [1.29, 1.82) is 0 Å². The van der Waals surface area contributed by atoms with Gasteiger partial charge in [0.2, 0.25) is 5.95 Å². The fourth-order valence-electron chi connectivity index (χ4n) is 3.38. The average Bonchev–Trinajstić information content (AvgIpc) is 3.15. The number of halogens is 2. The standard InChI is InChI=1S/C15H22N6O2.2ClH/c16-15-19-13(17-5-8-1-2-8)12-14(20-15)21(7-18-12)10-3-9(6-22)11(23)4-10;;/h7-11,22-23H,1-6H2,(H3,16,17,19,20);2*1H/t9?,10-,11?;;/m0../s1. The summed E-state index contributed by atoms with van der Waals surface area (Å²) in [6.45, 7) is 0.878. The molecule has 2 aromatic heterocycles. The summed E-state index contributed by atoms with van der Waals surface area (Å²) < 4.78 is 1.95. The maximum atomic E-state index is 10.0. The monoisotopic (exact) mass is 390 g/mol. The number of aliphatic hydroxyl groups excluding tert-OH is 2. The Kier molecular flexibility index (Phi) is 6.31. The zero-order valence-corrected chi connectivity index (χ0v) is 15.3. The molecule has 2 saturated carbocycles. The third-order valence-electron chi connectivity index (χ3n) is 4.95. The summed E-state index contributed by atoms with van der Waals surface area (Å²) in [6.07, 6.45) is 5.05. The lowest BCUT2D eigenvalue weighted by Crippen LogP contribution is -2.16. The van der Waals surface area contributed by atoms with Gasteiger partial charge in [-0.2, -0.15) is 9.97 Å². The van der Waals surface area contributed by atoms with Crippen molar-refractivity contribution in [2.45, 2.75) is 37.8 Å². The van der Waals surface area contributed by atoms with Crippen molar-refractivity contribution in [3.8, 4) is 0 Å². The SMILES string of the molecule is Cl.Cl.Nc1nc(NCC2CC2)c2ncn([C@@H]3CC(O)C(CO)C3)c2n1. The number of nitrogens with two attached hydrogens (primary N) is 1. The summed E-state index contributed by atoms with van der Waals surface area (Å²) in [6, 6.07) is 0.0673.